The molecule has 7 aromatic rings. The van der Waals surface area contributed by atoms with Crippen molar-refractivity contribution < 1.29 is 181 Å². The number of cyclic esters (lactones) is 24. The SMILES string of the molecule is CC1(c2ccc3c(c2)C(=O)OC3=O)CC(=O)OC1=O.O=C1CC(C2CCC3C(=O)OC(=O)C3C2)C(=O)O1.O=C1OC(=O)C2C1C1C3CC(C21)C1C2C(=O)OC(=O)C2C31.O=C1OC(=O)C2C1C1C3CC(C4C5CC(C34)C3C4C(=O)OC(=O)C4C53)C21.O=C1OC(=O)C2C3CC(C12)C1C2C(=O)OC(=O)C2C31.O=C1OC(=O)c2ccc3c4c(ccc1c24)C(=O)OC3=O.O=c1oc(=O)c2c1ccc1c2ccc2c(=O)oc(=O)c21. The van der Waals surface area contributed by atoms with E-state index in [0.29, 0.717) is 94.8 Å². The molecule has 23 fully saturated rings. The molecule has 0 spiro atoms. The van der Waals surface area contributed by atoms with Gasteiger partial charge >= 0.3 is 166 Å². The van der Waals surface area contributed by atoms with E-state index in [1.807, 2.05) is 0 Å². The van der Waals surface area contributed by atoms with Gasteiger partial charge in [-0.3, -0.25) is 86.3 Å². The molecule has 9 saturated heterocycles. The van der Waals surface area contributed by atoms with Crippen molar-refractivity contribution >= 4 is 186 Å². The number of hydrogen-bond donors (Lipinski definition) is 0. The van der Waals surface area contributed by atoms with Crippen LogP contribution in [0.4, 0.5) is 0 Å². The summed E-state index contributed by atoms with van der Waals surface area (Å²) < 4.78 is 65.4. The second-order valence-corrected chi connectivity index (χ2v) is 42.6. The monoisotopic (exact) mass is 1950 g/mol. The van der Waals surface area contributed by atoms with Crippen LogP contribution in [0.3, 0.4) is 0 Å². The summed E-state index contributed by atoms with van der Waals surface area (Å²) in [6.07, 6.45) is 5.61. The van der Waals surface area contributed by atoms with Crippen LogP contribution in [-0.4, -0.2) is 143 Å². The lowest BCUT2D eigenvalue weighted by atomic mass is 9.41. The molecule has 0 radical (unpaired) electrons. The van der Waals surface area contributed by atoms with Gasteiger partial charge in [-0.15, -0.1) is 0 Å². The third-order valence-electron chi connectivity index (χ3n) is 38.1. The average Bonchev–Trinajstić information content (AvgIpc) is 1.47. The molecule has 42 heteroatoms. The third-order valence-corrected chi connectivity index (χ3v) is 38.1. The van der Waals surface area contributed by atoms with Crippen LogP contribution in [0, 0.1) is 213 Å². The fourth-order valence-electron chi connectivity index (χ4n) is 33.4. The van der Waals surface area contributed by atoms with Crippen molar-refractivity contribution in [2.45, 2.75) is 70.1 Å². The van der Waals surface area contributed by atoms with Gasteiger partial charge in [-0.25, -0.2) is 47.9 Å². The van der Waals surface area contributed by atoms with E-state index in [0.717, 1.165) is 25.7 Å². The van der Waals surface area contributed by atoms with E-state index in [2.05, 4.69) is 37.3 Å². The summed E-state index contributed by atoms with van der Waals surface area (Å²) >= 11 is 0. The van der Waals surface area contributed by atoms with Crippen LogP contribution in [-0.2, 0) is 149 Å². The fraction of sp³-hybridized carbons (Fsp3) is 0.465. The predicted molar refractivity (Wildman–Crippen MR) is 445 cm³/mol. The van der Waals surface area contributed by atoms with Crippen LogP contribution in [0.25, 0.3) is 43.1 Å². The van der Waals surface area contributed by atoms with Crippen LogP contribution >= 0.6 is 0 Å². The van der Waals surface area contributed by atoms with Crippen molar-refractivity contribution in [3.05, 3.63) is 147 Å². The molecule has 8 bridgehead atoms. The smallest absolute Gasteiger partial charge is 0.347 e. The van der Waals surface area contributed by atoms with E-state index in [-0.39, 0.29) is 268 Å². The number of benzene rings is 5. The molecule has 33 rings (SSSR count). The zero-order valence-corrected chi connectivity index (χ0v) is 73.6. The van der Waals surface area contributed by atoms with Crippen LogP contribution in [0.2, 0.25) is 0 Å². The molecule has 33 atom stereocenters. The normalized spacial score (nSPS) is 41.0. The zero-order valence-electron chi connectivity index (χ0n) is 73.6. The molecular weight excluding hydrogens is 1890 g/mol. The highest BCUT2D eigenvalue weighted by atomic mass is 16.6. The van der Waals surface area contributed by atoms with E-state index < -0.39 is 135 Å². The first kappa shape index (κ1) is 86.7. The van der Waals surface area contributed by atoms with Gasteiger partial charge in [0.2, 0.25) is 0 Å². The van der Waals surface area contributed by atoms with E-state index >= 15 is 0 Å². The third kappa shape index (κ3) is 11.2. The minimum atomic E-state index is -1.13. The van der Waals surface area contributed by atoms with Gasteiger partial charge in [-0.05, 0) is 241 Å². The van der Waals surface area contributed by atoms with E-state index in [1.165, 1.54) is 66.7 Å². The van der Waals surface area contributed by atoms with Gasteiger partial charge in [-0.2, -0.15) is 0 Å². The molecule has 14 saturated carbocycles. The van der Waals surface area contributed by atoms with Gasteiger partial charge in [0.25, 0.3) is 0 Å². The highest BCUT2D eigenvalue weighted by Gasteiger charge is 2.85. The highest BCUT2D eigenvalue weighted by molar-refractivity contribution is 6.29. The molecule has 14 heterocycles. The Morgan fingerprint density at radius 2 is 0.524 bits per heavy atom. The maximum atomic E-state index is 12.1. The first-order valence-corrected chi connectivity index (χ1v) is 47.3. The predicted octanol–water partition coefficient (Wildman–Crippen LogP) is 2.95. The first-order chi connectivity index (χ1) is 68.4. The largest absolute Gasteiger partial charge is 0.393 e. The van der Waals surface area contributed by atoms with Crippen molar-refractivity contribution in [2.75, 3.05) is 0 Å². The molecule has 2 aromatic heterocycles. The number of furan rings is 2. The molecule has 0 N–H and O–H groups in total. The maximum Gasteiger partial charge on any atom is 0.347 e. The van der Waals surface area contributed by atoms with Crippen molar-refractivity contribution in [1.29, 1.82) is 0 Å². The average molecular weight is 1950 g/mol. The van der Waals surface area contributed by atoms with E-state index in [1.54, 1.807) is 6.92 Å². The van der Waals surface area contributed by atoms with E-state index in [9.17, 15) is 134 Å². The standard InChI is InChI=1S/C20H18O6.C15H12O6.2C14H4O6.C13H10O6.C13H8O6.C12H12O6/c21-17-13-9-3-1-4(10(9)14(13)18(22)25-17)8-6-2-5(7(3)8)11-12(6)16-15(11)19(23)26-20(16)24;16-12-8-4-2-1-3(6(4)10(8)14(18)20-12)7-5(2)9-11(7)15(19)21-13(9)17;15-11-7-3-1-5-6(10(7)14(18)19-11)2-4-8-9(5)13(17)20-12(8)16;15-11-5-1-2-6-10-8(14(18)20-12(6)16)4-3-7(9(5)10)13(17)19-11;14-10-6-2-1-3(7(6)11(15)18-10)5-4(2)8-9(5)13(17)19-12(8)16;1-13(5-9(14)18-12(13)17)6-2-3-7-8(4-6)11(16)19-10(7)15;13-9-4-7(11(15)17-9)5-1-2-6-8(3-5)12(16)18-10(6)14/h3-16H,1-2H2;2-11H,1H2;2*1-4H;2-9H,1H2;2-4H,5H2,1H3;5-8H,1-4H2. The lowest BCUT2D eigenvalue weighted by molar-refractivity contribution is -0.176. The van der Waals surface area contributed by atoms with Crippen LogP contribution in [0.5, 0.6) is 0 Å². The highest BCUT2D eigenvalue weighted by Crippen LogP contribution is 2.83. The Hall–Kier alpha value is -15.4. The number of carbonyl (C=O) groups is 24. The second kappa shape index (κ2) is 29.2. The van der Waals surface area contributed by atoms with Crippen LogP contribution in [0.15, 0.2) is 94.7 Å². The van der Waals surface area contributed by atoms with Crippen molar-refractivity contribution in [3.63, 3.8) is 0 Å². The fourth-order valence-corrected chi connectivity index (χ4v) is 33.4. The molecule has 143 heavy (non-hydrogen) atoms. The zero-order chi connectivity index (χ0) is 99.2. The number of carbonyl (C=O) groups excluding carboxylic acids is 24. The minimum Gasteiger partial charge on any atom is -0.393 e. The Morgan fingerprint density at radius 1 is 0.231 bits per heavy atom. The summed E-state index contributed by atoms with van der Waals surface area (Å²) in [5, 5.41) is 1.86. The van der Waals surface area contributed by atoms with Gasteiger partial charge in [-0.1, -0.05) is 18.2 Å². The molecule has 33 unspecified atom stereocenters. The number of hydrogen-bond acceptors (Lipinski definition) is 42. The molecule has 42 nitrogen and oxygen atoms in total. The quantitative estimate of drug-likeness (QED) is 0.104. The van der Waals surface area contributed by atoms with Gasteiger partial charge in [0, 0.05) is 10.8 Å². The van der Waals surface area contributed by atoms with Crippen LogP contribution in [0.1, 0.15) is 132 Å². The lowest BCUT2D eigenvalue weighted by Gasteiger charge is -2.58. The summed E-state index contributed by atoms with van der Waals surface area (Å²) in [5.41, 5.74) is -2.73. The first-order valence-electron chi connectivity index (χ1n) is 47.3. The Labute approximate surface area is 794 Å². The minimum absolute atomic E-state index is 0.0126. The Balaban J connectivity index is 0.0000000835. The van der Waals surface area contributed by atoms with Gasteiger partial charge in [0.15, 0.2) is 0 Å². The Kier molecular flexibility index (Phi) is 17.7. The lowest BCUT2D eigenvalue weighted by Crippen LogP contribution is -2.62. The van der Waals surface area contributed by atoms with Crippen molar-refractivity contribution in [3.8, 4) is 0 Å². The molecule has 26 aliphatic rings. The summed E-state index contributed by atoms with van der Waals surface area (Å²) in [6, 6.07) is 15.7. The van der Waals surface area contributed by atoms with Gasteiger partial charge in [0.05, 0.1) is 157 Å². The Morgan fingerprint density at radius 3 is 0.867 bits per heavy atom. The molecule has 0 amide bonds. The number of ether oxygens (including phenoxy) is 12. The molecular formula is C101H68O42. The molecule has 12 aliphatic heterocycles. The number of rotatable bonds is 2. The summed E-state index contributed by atoms with van der Waals surface area (Å²) in [5.74, 6) is -11.1. The van der Waals surface area contributed by atoms with Crippen molar-refractivity contribution in [1.82, 2.24) is 0 Å². The van der Waals surface area contributed by atoms with Crippen molar-refractivity contribution in [2.24, 2.45) is 213 Å². The van der Waals surface area contributed by atoms with Gasteiger partial charge in [0.1, 0.15) is 5.41 Å². The molecule has 724 valence electrons. The summed E-state index contributed by atoms with van der Waals surface area (Å²) in [7, 11) is 0. The summed E-state index contributed by atoms with van der Waals surface area (Å²) in [4.78, 5) is 327. The summed E-state index contributed by atoms with van der Waals surface area (Å²) in [6.45, 7) is 1.56. The Bertz CT molecular complexity index is 7260. The van der Waals surface area contributed by atoms with Gasteiger partial charge < -0.3 is 65.7 Å². The maximum absolute atomic E-state index is 12.1. The van der Waals surface area contributed by atoms with Crippen LogP contribution < -0.4 is 22.5 Å². The second-order valence-electron chi connectivity index (χ2n) is 42.6. The molecule has 5 aromatic carbocycles. The molecule has 14 aliphatic carbocycles. The topological polar surface area (TPSA) is 615 Å². The number of esters is 24. The number of fused-ring (bicyclic) bond motifs is 53. The van der Waals surface area contributed by atoms with E-state index in [4.69, 9.17) is 28.4 Å².